The molecule has 128 valence electrons. The lowest BCUT2D eigenvalue weighted by atomic mass is 9.96. The molecule has 0 bridgehead atoms. The zero-order chi connectivity index (χ0) is 17.8. The largest absolute Gasteiger partial charge is 0.355 e. The van der Waals surface area contributed by atoms with Crippen LogP contribution in [-0.2, 0) is 11.3 Å². The van der Waals surface area contributed by atoms with E-state index in [0.717, 1.165) is 17.0 Å². The van der Waals surface area contributed by atoms with Gasteiger partial charge in [-0.25, -0.2) is 4.98 Å². The molecule has 4 heteroatoms. The average Bonchev–Trinajstić information content (AvgIpc) is 2.99. The van der Waals surface area contributed by atoms with Crippen molar-refractivity contribution >= 4 is 5.91 Å². The fraction of sp³-hybridized carbons (Fsp3) is 0.238. The maximum Gasteiger partial charge on any atom is 0.216 e. The van der Waals surface area contributed by atoms with Crippen LogP contribution in [0.1, 0.15) is 18.1 Å². The van der Waals surface area contributed by atoms with Crippen molar-refractivity contribution in [1.29, 1.82) is 0 Å². The highest BCUT2D eigenvalue weighted by Crippen LogP contribution is 2.35. The molecule has 0 spiro atoms. The van der Waals surface area contributed by atoms with E-state index in [4.69, 9.17) is 4.98 Å². The van der Waals surface area contributed by atoms with Crippen LogP contribution in [0.2, 0.25) is 0 Å². The van der Waals surface area contributed by atoms with Crippen LogP contribution < -0.4 is 5.32 Å². The topological polar surface area (TPSA) is 46.9 Å². The molecule has 1 aromatic heterocycles. The van der Waals surface area contributed by atoms with Gasteiger partial charge in [0.15, 0.2) is 0 Å². The molecule has 3 aromatic rings. The van der Waals surface area contributed by atoms with Crippen LogP contribution in [0.15, 0.2) is 54.9 Å². The predicted molar refractivity (Wildman–Crippen MR) is 101 cm³/mol. The first-order valence-corrected chi connectivity index (χ1v) is 8.49. The van der Waals surface area contributed by atoms with Crippen molar-refractivity contribution in [2.24, 2.45) is 0 Å². The third kappa shape index (κ3) is 3.63. The third-order valence-electron chi connectivity index (χ3n) is 4.33. The first-order valence-electron chi connectivity index (χ1n) is 8.49. The Morgan fingerprint density at radius 2 is 1.72 bits per heavy atom. The number of aromatic nitrogens is 2. The Balaban J connectivity index is 2.12. The Hall–Kier alpha value is -2.88. The van der Waals surface area contributed by atoms with Crippen LogP contribution in [-0.4, -0.2) is 22.0 Å². The highest BCUT2D eigenvalue weighted by atomic mass is 16.1. The normalized spacial score (nSPS) is 10.7. The molecule has 0 aliphatic heterocycles. The van der Waals surface area contributed by atoms with E-state index in [9.17, 15) is 4.79 Å². The second-order valence-corrected chi connectivity index (χ2v) is 6.25. The van der Waals surface area contributed by atoms with Gasteiger partial charge in [-0.3, -0.25) is 4.79 Å². The second kappa shape index (κ2) is 7.34. The monoisotopic (exact) mass is 333 g/mol. The van der Waals surface area contributed by atoms with E-state index in [1.165, 1.54) is 23.6 Å². The Kier molecular flexibility index (Phi) is 4.98. The number of rotatable bonds is 5. The molecule has 0 fully saturated rings. The maximum absolute atomic E-state index is 11.2. The third-order valence-corrected chi connectivity index (χ3v) is 4.33. The molecular weight excluding hydrogens is 310 g/mol. The van der Waals surface area contributed by atoms with Gasteiger partial charge >= 0.3 is 0 Å². The number of hydrogen-bond donors (Lipinski definition) is 1. The number of nitrogens with one attached hydrogen (secondary N) is 1. The number of benzene rings is 2. The number of carbonyl (C=O) groups is 1. The van der Waals surface area contributed by atoms with Crippen molar-refractivity contribution in [2.45, 2.75) is 27.3 Å². The summed E-state index contributed by atoms with van der Waals surface area (Å²) in [5, 5.41) is 2.86. The van der Waals surface area contributed by atoms with Crippen molar-refractivity contribution in [2.75, 3.05) is 6.54 Å². The van der Waals surface area contributed by atoms with Crippen molar-refractivity contribution < 1.29 is 4.79 Å². The summed E-state index contributed by atoms with van der Waals surface area (Å²) in [6, 6.07) is 16.6. The van der Waals surface area contributed by atoms with E-state index < -0.39 is 0 Å². The Bertz CT molecular complexity index is 861. The molecule has 0 radical (unpaired) electrons. The van der Waals surface area contributed by atoms with Crippen LogP contribution in [0.3, 0.4) is 0 Å². The Morgan fingerprint density at radius 1 is 1.04 bits per heavy atom. The fourth-order valence-electron chi connectivity index (χ4n) is 3.16. The molecule has 0 saturated carbocycles. The summed E-state index contributed by atoms with van der Waals surface area (Å²) < 4.78 is 2.13. The van der Waals surface area contributed by atoms with Crippen molar-refractivity contribution in [3.63, 3.8) is 0 Å². The lowest BCUT2D eigenvalue weighted by molar-refractivity contribution is -0.118. The van der Waals surface area contributed by atoms with Crippen LogP contribution in [0.4, 0.5) is 0 Å². The van der Waals surface area contributed by atoms with E-state index in [-0.39, 0.29) is 5.91 Å². The SMILES string of the molecule is CC(=O)NCCn1cnc(-c2ccccc2)c1-c1c(C)cccc1C. The molecule has 1 N–H and O–H groups in total. The van der Waals surface area contributed by atoms with Crippen molar-refractivity contribution in [3.05, 3.63) is 66.0 Å². The summed E-state index contributed by atoms with van der Waals surface area (Å²) in [7, 11) is 0. The van der Waals surface area contributed by atoms with Crippen LogP contribution in [0.5, 0.6) is 0 Å². The summed E-state index contributed by atoms with van der Waals surface area (Å²) in [5.74, 6) is -0.0166. The molecule has 4 nitrogen and oxygen atoms in total. The van der Waals surface area contributed by atoms with E-state index in [0.29, 0.717) is 13.1 Å². The number of carbonyl (C=O) groups excluding carboxylic acids is 1. The molecule has 0 saturated heterocycles. The minimum atomic E-state index is -0.0166. The molecular formula is C21H23N3O. The highest BCUT2D eigenvalue weighted by Gasteiger charge is 2.18. The summed E-state index contributed by atoms with van der Waals surface area (Å²) >= 11 is 0. The molecule has 3 rings (SSSR count). The van der Waals surface area contributed by atoms with Gasteiger partial charge in [-0.05, 0) is 25.0 Å². The van der Waals surface area contributed by atoms with Gasteiger partial charge in [-0.1, -0.05) is 48.5 Å². The van der Waals surface area contributed by atoms with Crippen molar-refractivity contribution in [3.8, 4) is 22.5 Å². The van der Waals surface area contributed by atoms with E-state index in [1.807, 2.05) is 24.5 Å². The summed E-state index contributed by atoms with van der Waals surface area (Å²) in [4.78, 5) is 15.9. The minimum Gasteiger partial charge on any atom is -0.355 e. The highest BCUT2D eigenvalue weighted by molar-refractivity contribution is 5.82. The zero-order valence-corrected chi connectivity index (χ0v) is 14.9. The van der Waals surface area contributed by atoms with Crippen molar-refractivity contribution in [1.82, 2.24) is 14.9 Å². The first-order chi connectivity index (χ1) is 12.1. The number of hydrogen-bond acceptors (Lipinski definition) is 2. The number of imidazole rings is 1. The quantitative estimate of drug-likeness (QED) is 0.768. The lowest BCUT2D eigenvalue weighted by Gasteiger charge is -2.15. The van der Waals surface area contributed by atoms with Gasteiger partial charge < -0.3 is 9.88 Å². The van der Waals surface area contributed by atoms with Gasteiger partial charge in [0.05, 0.1) is 17.7 Å². The van der Waals surface area contributed by atoms with Crippen LogP contribution >= 0.6 is 0 Å². The Labute approximate surface area is 148 Å². The molecule has 0 aliphatic carbocycles. The van der Waals surface area contributed by atoms with Gasteiger partial charge in [0.2, 0.25) is 5.91 Å². The molecule has 1 heterocycles. The lowest BCUT2D eigenvalue weighted by Crippen LogP contribution is -2.24. The molecule has 0 unspecified atom stereocenters. The fourth-order valence-corrected chi connectivity index (χ4v) is 3.16. The average molecular weight is 333 g/mol. The summed E-state index contributed by atoms with van der Waals surface area (Å²) in [5.41, 5.74) is 6.82. The first kappa shape index (κ1) is 17.0. The second-order valence-electron chi connectivity index (χ2n) is 6.25. The zero-order valence-electron chi connectivity index (χ0n) is 14.9. The number of amides is 1. The maximum atomic E-state index is 11.2. The molecule has 0 atom stereocenters. The number of aryl methyl sites for hydroxylation is 2. The Morgan fingerprint density at radius 3 is 2.36 bits per heavy atom. The standard InChI is InChI=1S/C21H23N3O/c1-15-8-7-9-16(2)19(15)21-20(18-10-5-4-6-11-18)23-14-24(21)13-12-22-17(3)25/h4-11,14H,12-13H2,1-3H3,(H,22,25). The minimum absolute atomic E-state index is 0.0166. The van der Waals surface area contributed by atoms with Crippen LogP contribution in [0.25, 0.3) is 22.5 Å². The molecule has 2 aromatic carbocycles. The van der Waals surface area contributed by atoms with Gasteiger partial charge in [0.1, 0.15) is 0 Å². The van der Waals surface area contributed by atoms with Gasteiger partial charge in [-0.15, -0.1) is 0 Å². The van der Waals surface area contributed by atoms with E-state index in [2.05, 4.69) is 54.1 Å². The van der Waals surface area contributed by atoms with Gasteiger partial charge in [-0.2, -0.15) is 0 Å². The number of nitrogens with zero attached hydrogens (tertiary/aromatic N) is 2. The summed E-state index contributed by atoms with van der Waals surface area (Å²) in [6.45, 7) is 7.06. The van der Waals surface area contributed by atoms with E-state index in [1.54, 1.807) is 0 Å². The molecule has 0 aliphatic rings. The summed E-state index contributed by atoms with van der Waals surface area (Å²) in [6.07, 6.45) is 1.87. The van der Waals surface area contributed by atoms with Gasteiger partial charge in [0, 0.05) is 31.1 Å². The van der Waals surface area contributed by atoms with E-state index >= 15 is 0 Å². The molecule has 1 amide bonds. The predicted octanol–water partition coefficient (Wildman–Crippen LogP) is 3.97. The smallest absolute Gasteiger partial charge is 0.216 e. The van der Waals surface area contributed by atoms with Gasteiger partial charge in [0.25, 0.3) is 0 Å². The van der Waals surface area contributed by atoms with Crippen LogP contribution in [0, 0.1) is 13.8 Å². The molecule has 25 heavy (non-hydrogen) atoms.